The third kappa shape index (κ3) is 2.78. The summed E-state index contributed by atoms with van der Waals surface area (Å²) in [5.74, 6) is 0.830. The van der Waals surface area contributed by atoms with Crippen LogP contribution >= 0.6 is 11.8 Å². The molecular formula is C10H13OS. The Hall–Kier alpha value is -0.630. The molecule has 0 N–H and O–H groups in total. The van der Waals surface area contributed by atoms with Gasteiger partial charge in [0.15, 0.2) is 0 Å². The van der Waals surface area contributed by atoms with Crippen LogP contribution < -0.4 is 4.74 Å². The molecule has 0 aliphatic rings. The number of benzene rings is 1. The van der Waals surface area contributed by atoms with E-state index in [0.717, 1.165) is 5.75 Å². The Kier molecular flexibility index (Phi) is 3.48. The monoisotopic (exact) mass is 181 g/mol. The van der Waals surface area contributed by atoms with E-state index in [1.54, 1.807) is 11.8 Å². The predicted molar refractivity (Wildman–Crippen MR) is 52.8 cm³/mol. The quantitative estimate of drug-likeness (QED) is 0.663. The predicted octanol–water partition coefficient (Wildman–Crippen LogP) is 3.00. The molecule has 0 atom stereocenters. The van der Waals surface area contributed by atoms with Crippen LogP contribution in [0, 0.1) is 6.07 Å². The molecule has 0 saturated heterocycles. The second kappa shape index (κ2) is 4.41. The second-order valence-electron chi connectivity index (χ2n) is 2.76. The third-order valence-corrected chi connectivity index (χ3v) is 2.07. The second-order valence-corrected chi connectivity index (χ2v) is 3.64. The highest BCUT2D eigenvalue weighted by Gasteiger charge is 1.98. The molecule has 0 saturated carbocycles. The van der Waals surface area contributed by atoms with Crippen molar-refractivity contribution in [3.63, 3.8) is 0 Å². The number of hydrogen-bond acceptors (Lipinski definition) is 2. The lowest BCUT2D eigenvalue weighted by atomic mass is 10.3. The van der Waals surface area contributed by atoms with Gasteiger partial charge in [-0.3, -0.25) is 0 Å². The fourth-order valence-corrected chi connectivity index (χ4v) is 1.30. The molecule has 1 rings (SSSR count). The Morgan fingerprint density at radius 1 is 1.50 bits per heavy atom. The van der Waals surface area contributed by atoms with Gasteiger partial charge in [-0.05, 0) is 38.3 Å². The van der Waals surface area contributed by atoms with Crippen molar-refractivity contribution >= 4 is 11.8 Å². The molecule has 65 valence electrons. The summed E-state index contributed by atoms with van der Waals surface area (Å²) in [5, 5.41) is 0. The lowest BCUT2D eigenvalue weighted by molar-refractivity contribution is 0.241. The maximum absolute atomic E-state index is 5.49. The summed E-state index contributed by atoms with van der Waals surface area (Å²) < 4.78 is 5.49. The van der Waals surface area contributed by atoms with Crippen LogP contribution in [0.5, 0.6) is 5.75 Å². The summed E-state index contributed by atoms with van der Waals surface area (Å²) in [5.41, 5.74) is 0. The third-order valence-electron chi connectivity index (χ3n) is 1.34. The van der Waals surface area contributed by atoms with Crippen molar-refractivity contribution in [3.05, 3.63) is 24.3 Å². The first kappa shape index (κ1) is 9.46. The van der Waals surface area contributed by atoms with Crippen molar-refractivity contribution in [1.29, 1.82) is 0 Å². The number of thioether (sulfide) groups is 1. The van der Waals surface area contributed by atoms with Gasteiger partial charge in [0.25, 0.3) is 0 Å². The van der Waals surface area contributed by atoms with Crippen LogP contribution in [0.25, 0.3) is 0 Å². The smallest absolute Gasteiger partial charge is 0.128 e. The first-order chi connectivity index (χ1) is 5.72. The summed E-state index contributed by atoms with van der Waals surface area (Å²) in [6.07, 6.45) is 2.27. The average Bonchev–Trinajstić information content (AvgIpc) is 2.03. The molecule has 1 aromatic carbocycles. The van der Waals surface area contributed by atoms with E-state index in [4.69, 9.17) is 4.74 Å². The van der Waals surface area contributed by atoms with Crippen molar-refractivity contribution in [2.75, 3.05) is 6.26 Å². The van der Waals surface area contributed by atoms with Crippen LogP contribution in [-0.2, 0) is 0 Å². The van der Waals surface area contributed by atoms with Gasteiger partial charge in [-0.15, -0.1) is 11.8 Å². The summed E-state index contributed by atoms with van der Waals surface area (Å²) in [7, 11) is 0. The molecule has 1 aromatic rings. The molecule has 0 bridgehead atoms. The van der Waals surface area contributed by atoms with Gasteiger partial charge in [-0.1, -0.05) is 0 Å². The Bertz CT molecular complexity index is 245. The number of ether oxygens (including phenoxy) is 1. The average molecular weight is 181 g/mol. The molecule has 0 aliphatic heterocycles. The van der Waals surface area contributed by atoms with E-state index in [1.807, 2.05) is 32.0 Å². The zero-order valence-corrected chi connectivity index (χ0v) is 8.44. The fraction of sp³-hybridized carbons (Fsp3) is 0.400. The van der Waals surface area contributed by atoms with Gasteiger partial charge >= 0.3 is 0 Å². The van der Waals surface area contributed by atoms with Crippen LogP contribution in [-0.4, -0.2) is 12.4 Å². The maximum Gasteiger partial charge on any atom is 0.128 e. The zero-order valence-electron chi connectivity index (χ0n) is 7.63. The van der Waals surface area contributed by atoms with E-state index in [-0.39, 0.29) is 6.10 Å². The first-order valence-corrected chi connectivity index (χ1v) is 5.17. The minimum Gasteiger partial charge on any atom is -0.490 e. The zero-order chi connectivity index (χ0) is 8.97. The summed E-state index contributed by atoms with van der Waals surface area (Å²) in [6.45, 7) is 4.03. The molecule has 0 heterocycles. The molecule has 12 heavy (non-hydrogen) atoms. The summed E-state index contributed by atoms with van der Waals surface area (Å²) >= 11 is 1.71. The molecule has 2 heteroatoms. The SMILES string of the molecule is CSc1cc[c]c(OC(C)C)c1. The molecule has 0 fully saturated rings. The van der Waals surface area contributed by atoms with E-state index >= 15 is 0 Å². The molecule has 0 aliphatic carbocycles. The standard InChI is InChI=1S/C10H13OS/c1-8(2)11-9-5-4-6-10(7-9)12-3/h4,6-8H,1-3H3. The first-order valence-electron chi connectivity index (χ1n) is 3.94. The number of rotatable bonds is 3. The topological polar surface area (TPSA) is 9.23 Å². The van der Waals surface area contributed by atoms with Crippen LogP contribution in [0.4, 0.5) is 0 Å². The van der Waals surface area contributed by atoms with Crippen molar-refractivity contribution < 1.29 is 4.74 Å². The maximum atomic E-state index is 5.49. The van der Waals surface area contributed by atoms with E-state index in [0.29, 0.717) is 0 Å². The van der Waals surface area contributed by atoms with Gasteiger partial charge in [-0.25, -0.2) is 0 Å². The van der Waals surface area contributed by atoms with Gasteiger partial charge in [0, 0.05) is 11.0 Å². The molecular weight excluding hydrogens is 168 g/mol. The number of hydrogen-bond donors (Lipinski definition) is 0. The van der Waals surface area contributed by atoms with E-state index in [1.165, 1.54) is 4.90 Å². The van der Waals surface area contributed by atoms with Crippen molar-refractivity contribution in [3.8, 4) is 5.75 Å². The van der Waals surface area contributed by atoms with Gasteiger partial charge in [0.1, 0.15) is 5.75 Å². The molecule has 0 unspecified atom stereocenters. The molecule has 1 radical (unpaired) electrons. The van der Waals surface area contributed by atoms with Gasteiger partial charge < -0.3 is 4.74 Å². The van der Waals surface area contributed by atoms with E-state index in [9.17, 15) is 0 Å². The largest absolute Gasteiger partial charge is 0.490 e. The highest BCUT2D eigenvalue weighted by Crippen LogP contribution is 2.20. The van der Waals surface area contributed by atoms with E-state index in [2.05, 4.69) is 12.3 Å². The van der Waals surface area contributed by atoms with Crippen LogP contribution in [0.1, 0.15) is 13.8 Å². The Morgan fingerprint density at radius 2 is 2.25 bits per heavy atom. The fourth-order valence-electron chi connectivity index (χ4n) is 0.874. The van der Waals surface area contributed by atoms with Crippen LogP contribution in [0.3, 0.4) is 0 Å². The van der Waals surface area contributed by atoms with Crippen molar-refractivity contribution in [2.24, 2.45) is 0 Å². The lowest BCUT2D eigenvalue weighted by Gasteiger charge is -2.09. The molecule has 0 amide bonds. The van der Waals surface area contributed by atoms with Crippen molar-refractivity contribution in [1.82, 2.24) is 0 Å². The highest BCUT2D eigenvalue weighted by molar-refractivity contribution is 7.98. The summed E-state index contributed by atoms with van der Waals surface area (Å²) in [4.78, 5) is 1.21. The molecule has 0 aromatic heterocycles. The van der Waals surface area contributed by atoms with Gasteiger partial charge in [0.05, 0.1) is 6.10 Å². The Balaban J connectivity index is 2.72. The normalized spacial score (nSPS) is 10.3. The molecule has 1 nitrogen and oxygen atoms in total. The Morgan fingerprint density at radius 3 is 2.83 bits per heavy atom. The summed E-state index contributed by atoms with van der Waals surface area (Å²) in [6, 6.07) is 8.96. The van der Waals surface area contributed by atoms with Crippen molar-refractivity contribution in [2.45, 2.75) is 24.8 Å². The molecule has 0 spiro atoms. The van der Waals surface area contributed by atoms with E-state index < -0.39 is 0 Å². The van der Waals surface area contributed by atoms with Crippen LogP contribution in [0.2, 0.25) is 0 Å². The lowest BCUT2D eigenvalue weighted by Crippen LogP contribution is -2.05. The highest BCUT2D eigenvalue weighted by atomic mass is 32.2. The van der Waals surface area contributed by atoms with Gasteiger partial charge in [-0.2, -0.15) is 0 Å². The van der Waals surface area contributed by atoms with Crippen LogP contribution in [0.15, 0.2) is 23.1 Å². The minimum atomic E-state index is 0.221. The van der Waals surface area contributed by atoms with Gasteiger partial charge in [0.2, 0.25) is 0 Å². The Labute approximate surface area is 78.1 Å². The minimum absolute atomic E-state index is 0.221.